The SMILES string of the molecule is NC(CCC(=O)O)C(=O)N1CCN(c2cnccn2)CC1. The molecule has 8 heteroatoms. The second-order valence-electron chi connectivity index (χ2n) is 4.91. The highest BCUT2D eigenvalue weighted by molar-refractivity contribution is 5.82. The molecule has 1 unspecified atom stereocenters. The number of carboxylic acids is 1. The average Bonchev–Trinajstić information content (AvgIpc) is 2.53. The molecule has 0 aliphatic carbocycles. The Balaban J connectivity index is 1.83. The molecule has 1 aliphatic heterocycles. The van der Waals surface area contributed by atoms with E-state index in [0.29, 0.717) is 26.2 Å². The Kier molecular flexibility index (Phi) is 5.04. The van der Waals surface area contributed by atoms with Gasteiger partial charge in [0.15, 0.2) is 0 Å². The molecule has 1 aliphatic rings. The van der Waals surface area contributed by atoms with Crippen LogP contribution in [-0.2, 0) is 9.59 Å². The number of aliphatic carboxylic acids is 1. The first-order valence-electron chi connectivity index (χ1n) is 6.85. The van der Waals surface area contributed by atoms with Gasteiger partial charge in [-0.15, -0.1) is 0 Å². The molecule has 0 bridgehead atoms. The lowest BCUT2D eigenvalue weighted by Gasteiger charge is -2.36. The van der Waals surface area contributed by atoms with Gasteiger partial charge in [0.2, 0.25) is 5.91 Å². The predicted octanol–water partition coefficient (Wildman–Crippen LogP) is -0.683. The van der Waals surface area contributed by atoms with Crippen molar-refractivity contribution in [3.63, 3.8) is 0 Å². The van der Waals surface area contributed by atoms with Gasteiger partial charge in [-0.3, -0.25) is 14.6 Å². The zero-order valence-corrected chi connectivity index (χ0v) is 11.7. The van der Waals surface area contributed by atoms with Crippen molar-refractivity contribution in [2.24, 2.45) is 5.73 Å². The maximum atomic E-state index is 12.1. The summed E-state index contributed by atoms with van der Waals surface area (Å²) in [5.41, 5.74) is 5.75. The van der Waals surface area contributed by atoms with Crippen molar-refractivity contribution in [1.82, 2.24) is 14.9 Å². The fourth-order valence-corrected chi connectivity index (χ4v) is 2.25. The first kappa shape index (κ1) is 15.2. The Morgan fingerprint density at radius 2 is 2.00 bits per heavy atom. The van der Waals surface area contributed by atoms with Crippen LogP contribution in [0.4, 0.5) is 5.82 Å². The van der Waals surface area contributed by atoms with E-state index in [1.54, 1.807) is 23.5 Å². The smallest absolute Gasteiger partial charge is 0.303 e. The molecule has 1 aromatic rings. The third kappa shape index (κ3) is 4.12. The minimum absolute atomic E-state index is 0.0908. The van der Waals surface area contributed by atoms with E-state index in [1.807, 2.05) is 0 Å². The fraction of sp³-hybridized carbons (Fsp3) is 0.538. The van der Waals surface area contributed by atoms with Crippen molar-refractivity contribution in [3.05, 3.63) is 18.6 Å². The normalized spacial score (nSPS) is 16.6. The molecule has 0 radical (unpaired) electrons. The van der Waals surface area contributed by atoms with Gasteiger partial charge in [-0.2, -0.15) is 0 Å². The Labute approximate surface area is 122 Å². The summed E-state index contributed by atoms with van der Waals surface area (Å²) in [4.78, 5) is 34.6. The van der Waals surface area contributed by atoms with Crippen LogP contribution in [0.15, 0.2) is 18.6 Å². The largest absolute Gasteiger partial charge is 0.481 e. The first-order chi connectivity index (χ1) is 10.1. The lowest BCUT2D eigenvalue weighted by atomic mass is 10.1. The summed E-state index contributed by atoms with van der Waals surface area (Å²) in [5, 5.41) is 8.62. The van der Waals surface area contributed by atoms with E-state index in [4.69, 9.17) is 10.8 Å². The summed E-state index contributed by atoms with van der Waals surface area (Å²) in [5.74, 6) is -0.333. The molecule has 0 aromatic carbocycles. The zero-order valence-electron chi connectivity index (χ0n) is 11.7. The Bertz CT molecular complexity index is 488. The topological polar surface area (TPSA) is 113 Å². The molecular weight excluding hydrogens is 274 g/mol. The van der Waals surface area contributed by atoms with Gasteiger partial charge < -0.3 is 20.6 Å². The highest BCUT2D eigenvalue weighted by Gasteiger charge is 2.25. The standard InChI is InChI=1S/C13H19N5O3/c14-10(1-2-12(19)20)13(21)18-7-5-17(6-8-18)11-9-15-3-4-16-11/h3-4,9-10H,1-2,5-8,14H2,(H,19,20). The lowest BCUT2D eigenvalue weighted by molar-refractivity contribution is -0.137. The van der Waals surface area contributed by atoms with Gasteiger partial charge in [0.1, 0.15) is 5.82 Å². The lowest BCUT2D eigenvalue weighted by Crippen LogP contribution is -2.53. The van der Waals surface area contributed by atoms with Crippen molar-refractivity contribution in [2.45, 2.75) is 18.9 Å². The van der Waals surface area contributed by atoms with Crippen molar-refractivity contribution in [2.75, 3.05) is 31.1 Å². The third-order valence-electron chi connectivity index (χ3n) is 3.45. The van der Waals surface area contributed by atoms with Crippen LogP contribution in [0.3, 0.4) is 0 Å². The van der Waals surface area contributed by atoms with Crippen LogP contribution in [-0.4, -0.2) is 64.1 Å². The van der Waals surface area contributed by atoms with Crippen LogP contribution < -0.4 is 10.6 Å². The van der Waals surface area contributed by atoms with E-state index in [0.717, 1.165) is 5.82 Å². The predicted molar refractivity (Wildman–Crippen MR) is 75.7 cm³/mol. The number of nitrogens with zero attached hydrogens (tertiary/aromatic N) is 4. The van der Waals surface area contributed by atoms with Crippen molar-refractivity contribution >= 4 is 17.7 Å². The number of carbonyl (C=O) groups is 2. The van der Waals surface area contributed by atoms with E-state index in [1.165, 1.54) is 0 Å². The molecule has 1 fully saturated rings. The number of nitrogens with two attached hydrogens (primary N) is 1. The average molecular weight is 293 g/mol. The van der Waals surface area contributed by atoms with Gasteiger partial charge in [-0.1, -0.05) is 0 Å². The van der Waals surface area contributed by atoms with E-state index < -0.39 is 12.0 Å². The quantitative estimate of drug-likeness (QED) is 0.739. The number of hydrogen-bond donors (Lipinski definition) is 2. The van der Waals surface area contributed by atoms with E-state index in [-0.39, 0.29) is 18.7 Å². The summed E-state index contributed by atoms with van der Waals surface area (Å²) in [6.07, 6.45) is 5.01. The van der Waals surface area contributed by atoms with Gasteiger partial charge in [0.25, 0.3) is 0 Å². The Hall–Kier alpha value is -2.22. The number of hydrogen-bond acceptors (Lipinski definition) is 6. The highest BCUT2D eigenvalue weighted by Crippen LogP contribution is 2.12. The van der Waals surface area contributed by atoms with Crippen molar-refractivity contribution in [3.8, 4) is 0 Å². The maximum absolute atomic E-state index is 12.1. The van der Waals surface area contributed by atoms with Crippen LogP contribution >= 0.6 is 0 Å². The van der Waals surface area contributed by atoms with Gasteiger partial charge in [0.05, 0.1) is 12.2 Å². The van der Waals surface area contributed by atoms with Crippen LogP contribution in [0.5, 0.6) is 0 Å². The zero-order chi connectivity index (χ0) is 15.2. The highest BCUT2D eigenvalue weighted by atomic mass is 16.4. The second-order valence-corrected chi connectivity index (χ2v) is 4.91. The summed E-state index contributed by atoms with van der Waals surface area (Å²) in [6, 6.07) is -0.746. The van der Waals surface area contributed by atoms with Crippen LogP contribution in [0.1, 0.15) is 12.8 Å². The Morgan fingerprint density at radius 3 is 2.57 bits per heavy atom. The molecule has 114 valence electrons. The molecule has 1 aromatic heterocycles. The molecule has 8 nitrogen and oxygen atoms in total. The number of amides is 1. The molecular formula is C13H19N5O3. The molecule has 1 saturated heterocycles. The van der Waals surface area contributed by atoms with Crippen molar-refractivity contribution in [1.29, 1.82) is 0 Å². The molecule has 0 saturated carbocycles. The first-order valence-corrected chi connectivity index (χ1v) is 6.85. The number of piperazine rings is 1. The summed E-state index contributed by atoms with van der Waals surface area (Å²) < 4.78 is 0. The van der Waals surface area contributed by atoms with Crippen molar-refractivity contribution < 1.29 is 14.7 Å². The molecule has 2 rings (SSSR count). The number of carboxylic acid groups (broad SMARTS) is 1. The third-order valence-corrected chi connectivity index (χ3v) is 3.45. The van der Waals surface area contributed by atoms with Gasteiger partial charge in [0, 0.05) is 45.0 Å². The minimum Gasteiger partial charge on any atom is -0.481 e. The summed E-state index contributed by atoms with van der Waals surface area (Å²) in [6.45, 7) is 2.43. The van der Waals surface area contributed by atoms with Gasteiger partial charge in [-0.05, 0) is 6.42 Å². The van der Waals surface area contributed by atoms with E-state index in [2.05, 4.69) is 14.9 Å². The minimum atomic E-state index is -0.939. The fourth-order valence-electron chi connectivity index (χ4n) is 2.25. The molecule has 1 amide bonds. The second kappa shape index (κ2) is 6.98. The monoisotopic (exact) mass is 293 g/mol. The maximum Gasteiger partial charge on any atom is 0.303 e. The van der Waals surface area contributed by atoms with Crippen LogP contribution in [0.2, 0.25) is 0 Å². The summed E-state index contributed by atoms with van der Waals surface area (Å²) >= 11 is 0. The van der Waals surface area contributed by atoms with Gasteiger partial charge >= 0.3 is 5.97 Å². The van der Waals surface area contributed by atoms with E-state index >= 15 is 0 Å². The Morgan fingerprint density at radius 1 is 1.29 bits per heavy atom. The number of rotatable bonds is 5. The van der Waals surface area contributed by atoms with E-state index in [9.17, 15) is 9.59 Å². The molecule has 21 heavy (non-hydrogen) atoms. The molecule has 2 heterocycles. The molecule has 0 spiro atoms. The van der Waals surface area contributed by atoms with Gasteiger partial charge in [-0.25, -0.2) is 4.98 Å². The number of carbonyl (C=O) groups excluding carboxylic acids is 1. The molecule has 3 N–H and O–H groups in total. The summed E-state index contributed by atoms with van der Waals surface area (Å²) in [7, 11) is 0. The number of aromatic nitrogens is 2. The molecule has 1 atom stereocenters. The van der Waals surface area contributed by atoms with Crippen LogP contribution in [0, 0.1) is 0 Å². The van der Waals surface area contributed by atoms with Crippen LogP contribution in [0.25, 0.3) is 0 Å². The number of anilines is 1.